The average Bonchev–Trinajstić information content (AvgIpc) is 3.15. The fraction of sp³-hybridized carbons (Fsp3) is 0.0500. The minimum atomic E-state index is -0.479. The zero-order chi connectivity index (χ0) is 20.8. The Morgan fingerprint density at radius 1 is 1.07 bits per heavy atom. The third-order valence-corrected chi connectivity index (χ3v) is 4.52. The standard InChI is InChI=1S/C20H16N4O4S/c1-13(25)21-16-7-5-15(6-8-16)18-12-29-20(22-18)23-19(26)11-4-14-2-9-17(10-3-14)24(27)28/h2-12H,1H3,(H,21,25)(H,22,23,26)/b11-4+. The number of non-ortho nitro benzene ring substituents is 1. The number of carbonyl (C=O) groups is 2. The van der Waals surface area contributed by atoms with Crippen molar-refractivity contribution >= 4 is 45.7 Å². The summed E-state index contributed by atoms with van der Waals surface area (Å²) >= 11 is 1.29. The van der Waals surface area contributed by atoms with Gasteiger partial charge < -0.3 is 5.32 Å². The van der Waals surface area contributed by atoms with Crippen molar-refractivity contribution in [2.45, 2.75) is 6.92 Å². The molecule has 0 saturated carbocycles. The van der Waals surface area contributed by atoms with E-state index in [2.05, 4.69) is 15.6 Å². The normalized spacial score (nSPS) is 10.7. The van der Waals surface area contributed by atoms with Gasteiger partial charge in [-0.05, 0) is 35.9 Å². The lowest BCUT2D eigenvalue weighted by Crippen LogP contribution is -2.07. The minimum Gasteiger partial charge on any atom is -0.326 e. The molecule has 0 saturated heterocycles. The number of hydrogen-bond acceptors (Lipinski definition) is 6. The van der Waals surface area contributed by atoms with E-state index in [1.807, 2.05) is 17.5 Å². The van der Waals surface area contributed by atoms with Crippen molar-refractivity contribution in [2.75, 3.05) is 10.6 Å². The van der Waals surface area contributed by atoms with Gasteiger partial charge >= 0.3 is 0 Å². The zero-order valence-electron chi connectivity index (χ0n) is 15.3. The Bertz CT molecular complexity index is 1070. The molecular formula is C20H16N4O4S. The number of nitrogens with one attached hydrogen (secondary N) is 2. The highest BCUT2D eigenvalue weighted by atomic mass is 32.1. The van der Waals surface area contributed by atoms with Crippen molar-refractivity contribution < 1.29 is 14.5 Å². The number of amides is 2. The van der Waals surface area contributed by atoms with Gasteiger partial charge in [-0.15, -0.1) is 11.3 Å². The van der Waals surface area contributed by atoms with Gasteiger partial charge in [0.05, 0.1) is 10.6 Å². The van der Waals surface area contributed by atoms with Gasteiger partial charge in [0.2, 0.25) is 11.8 Å². The molecule has 3 aromatic rings. The Labute approximate surface area is 170 Å². The largest absolute Gasteiger partial charge is 0.326 e. The molecule has 1 aromatic heterocycles. The predicted octanol–water partition coefficient (Wildman–Crippen LogP) is 4.33. The van der Waals surface area contributed by atoms with E-state index < -0.39 is 4.92 Å². The van der Waals surface area contributed by atoms with Crippen molar-refractivity contribution in [1.29, 1.82) is 0 Å². The van der Waals surface area contributed by atoms with Gasteiger partial charge in [0.1, 0.15) is 0 Å². The molecule has 1 heterocycles. The number of aromatic nitrogens is 1. The first-order valence-corrected chi connectivity index (χ1v) is 9.36. The Morgan fingerprint density at radius 3 is 2.38 bits per heavy atom. The number of nitro benzene ring substituents is 1. The second-order valence-corrected chi connectivity index (χ2v) is 6.83. The molecular weight excluding hydrogens is 392 g/mol. The monoisotopic (exact) mass is 408 g/mol. The average molecular weight is 408 g/mol. The Kier molecular flexibility index (Phi) is 6.10. The van der Waals surface area contributed by atoms with Crippen LogP contribution in [0.25, 0.3) is 17.3 Å². The van der Waals surface area contributed by atoms with E-state index in [0.717, 1.165) is 5.56 Å². The summed E-state index contributed by atoms with van der Waals surface area (Å²) in [6, 6.07) is 13.1. The van der Waals surface area contributed by atoms with Gasteiger partial charge in [-0.1, -0.05) is 12.1 Å². The topological polar surface area (TPSA) is 114 Å². The van der Waals surface area contributed by atoms with Crippen LogP contribution in [0.15, 0.2) is 60.0 Å². The van der Waals surface area contributed by atoms with Crippen molar-refractivity contribution in [3.8, 4) is 11.3 Å². The number of anilines is 2. The maximum Gasteiger partial charge on any atom is 0.269 e. The Morgan fingerprint density at radius 2 is 1.76 bits per heavy atom. The van der Waals surface area contributed by atoms with Crippen LogP contribution in [0.3, 0.4) is 0 Å². The molecule has 2 N–H and O–H groups in total. The molecule has 3 rings (SSSR count). The molecule has 9 heteroatoms. The molecule has 0 spiro atoms. The number of hydrogen-bond donors (Lipinski definition) is 2. The molecule has 0 atom stereocenters. The van der Waals surface area contributed by atoms with Crippen LogP contribution in [0.4, 0.5) is 16.5 Å². The number of nitro groups is 1. The lowest BCUT2D eigenvalue weighted by atomic mass is 10.1. The lowest BCUT2D eigenvalue weighted by molar-refractivity contribution is -0.384. The van der Waals surface area contributed by atoms with Gasteiger partial charge in [0, 0.05) is 41.8 Å². The molecule has 0 aliphatic carbocycles. The second-order valence-electron chi connectivity index (χ2n) is 5.97. The van der Waals surface area contributed by atoms with Crippen molar-refractivity contribution in [3.63, 3.8) is 0 Å². The summed E-state index contributed by atoms with van der Waals surface area (Å²) in [6.07, 6.45) is 2.90. The summed E-state index contributed by atoms with van der Waals surface area (Å²) in [7, 11) is 0. The molecule has 0 unspecified atom stereocenters. The van der Waals surface area contributed by atoms with Crippen LogP contribution in [-0.4, -0.2) is 21.7 Å². The van der Waals surface area contributed by atoms with E-state index in [9.17, 15) is 19.7 Å². The summed E-state index contributed by atoms with van der Waals surface area (Å²) in [6.45, 7) is 1.44. The van der Waals surface area contributed by atoms with E-state index in [1.54, 1.807) is 30.3 Å². The van der Waals surface area contributed by atoms with Crippen molar-refractivity contribution in [2.24, 2.45) is 0 Å². The predicted molar refractivity (Wildman–Crippen MR) is 113 cm³/mol. The number of carbonyl (C=O) groups excluding carboxylic acids is 2. The van der Waals surface area contributed by atoms with Crippen LogP contribution in [-0.2, 0) is 9.59 Å². The van der Waals surface area contributed by atoms with Gasteiger partial charge in [-0.3, -0.25) is 25.0 Å². The Hall–Kier alpha value is -3.85. The van der Waals surface area contributed by atoms with Gasteiger partial charge in [-0.25, -0.2) is 4.98 Å². The molecule has 8 nitrogen and oxygen atoms in total. The summed E-state index contributed by atoms with van der Waals surface area (Å²) in [5.41, 5.74) is 2.93. The third-order valence-electron chi connectivity index (χ3n) is 3.77. The first-order valence-electron chi connectivity index (χ1n) is 8.48. The van der Waals surface area contributed by atoms with Crippen LogP contribution in [0.5, 0.6) is 0 Å². The van der Waals surface area contributed by atoms with E-state index in [0.29, 0.717) is 22.1 Å². The highest BCUT2D eigenvalue weighted by Crippen LogP contribution is 2.26. The molecule has 0 aliphatic rings. The number of benzene rings is 2. The van der Waals surface area contributed by atoms with Crippen LogP contribution in [0.2, 0.25) is 0 Å². The fourth-order valence-corrected chi connectivity index (χ4v) is 3.14. The molecule has 2 aromatic carbocycles. The molecule has 2 amide bonds. The van der Waals surface area contributed by atoms with Crippen LogP contribution in [0.1, 0.15) is 12.5 Å². The number of rotatable bonds is 6. The second kappa shape index (κ2) is 8.89. The maximum atomic E-state index is 12.1. The SMILES string of the molecule is CC(=O)Nc1ccc(-c2csc(NC(=O)/C=C/c3ccc([N+](=O)[O-])cc3)n2)cc1. The summed E-state index contributed by atoms with van der Waals surface area (Å²) < 4.78 is 0. The van der Waals surface area contributed by atoms with Gasteiger partial charge in [-0.2, -0.15) is 0 Å². The van der Waals surface area contributed by atoms with E-state index in [4.69, 9.17) is 0 Å². The smallest absolute Gasteiger partial charge is 0.269 e. The summed E-state index contributed by atoms with van der Waals surface area (Å²) in [5.74, 6) is -0.497. The van der Waals surface area contributed by atoms with Crippen molar-refractivity contribution in [1.82, 2.24) is 4.98 Å². The van der Waals surface area contributed by atoms with Crippen LogP contribution < -0.4 is 10.6 Å². The van der Waals surface area contributed by atoms with Gasteiger partial charge in [0.15, 0.2) is 5.13 Å². The number of thiazole rings is 1. The third kappa shape index (κ3) is 5.56. The molecule has 146 valence electrons. The van der Waals surface area contributed by atoms with Crippen molar-refractivity contribution in [3.05, 3.63) is 75.7 Å². The maximum absolute atomic E-state index is 12.1. The first-order chi connectivity index (χ1) is 13.9. The fourth-order valence-electron chi connectivity index (χ4n) is 2.42. The van der Waals surface area contributed by atoms with Crippen LogP contribution in [0, 0.1) is 10.1 Å². The highest BCUT2D eigenvalue weighted by Gasteiger charge is 2.07. The lowest BCUT2D eigenvalue weighted by Gasteiger charge is -2.02. The molecule has 0 aliphatic heterocycles. The number of nitrogens with zero attached hydrogens (tertiary/aromatic N) is 2. The van der Waals surface area contributed by atoms with E-state index in [1.165, 1.54) is 36.5 Å². The molecule has 29 heavy (non-hydrogen) atoms. The van der Waals surface area contributed by atoms with Crippen LogP contribution >= 0.6 is 11.3 Å². The summed E-state index contributed by atoms with van der Waals surface area (Å²) in [5, 5.41) is 18.3. The molecule has 0 radical (unpaired) electrons. The van der Waals surface area contributed by atoms with E-state index in [-0.39, 0.29) is 17.5 Å². The first kappa shape index (κ1) is 19.9. The quantitative estimate of drug-likeness (QED) is 0.358. The zero-order valence-corrected chi connectivity index (χ0v) is 16.1. The molecule has 0 fully saturated rings. The minimum absolute atomic E-state index is 0.00739. The van der Waals surface area contributed by atoms with E-state index >= 15 is 0 Å². The highest BCUT2D eigenvalue weighted by molar-refractivity contribution is 7.14. The molecule has 0 bridgehead atoms. The van der Waals surface area contributed by atoms with Gasteiger partial charge in [0.25, 0.3) is 5.69 Å². The Balaban J connectivity index is 1.61. The summed E-state index contributed by atoms with van der Waals surface area (Å²) in [4.78, 5) is 37.7.